The molecule has 0 radical (unpaired) electrons. The van der Waals surface area contributed by atoms with Crippen LogP contribution >= 0.6 is 11.6 Å². The highest BCUT2D eigenvalue weighted by Gasteiger charge is 2.11. The van der Waals surface area contributed by atoms with Crippen molar-refractivity contribution in [1.29, 1.82) is 0 Å². The minimum Gasteiger partial charge on any atom is -0.478 e. The number of benzene rings is 1. The van der Waals surface area contributed by atoms with Crippen molar-refractivity contribution in [3.05, 3.63) is 34.3 Å². The van der Waals surface area contributed by atoms with Crippen LogP contribution in [0.15, 0.2) is 18.2 Å². The molecule has 0 aromatic heterocycles. The number of hydrogen-bond donors (Lipinski definition) is 1. The van der Waals surface area contributed by atoms with E-state index in [-0.39, 0.29) is 5.56 Å². The van der Waals surface area contributed by atoms with Gasteiger partial charge >= 0.3 is 5.97 Å². The van der Waals surface area contributed by atoms with Crippen LogP contribution in [0.5, 0.6) is 0 Å². The smallest absolute Gasteiger partial charge is 0.335 e. The predicted octanol–water partition coefficient (Wildman–Crippen LogP) is 2.52. The summed E-state index contributed by atoms with van der Waals surface area (Å²) < 4.78 is 10.2. The second-order valence-corrected chi connectivity index (χ2v) is 5.13. The molecule has 0 aliphatic heterocycles. The molecule has 118 valence electrons. The lowest BCUT2D eigenvalue weighted by atomic mass is 10.1. The zero-order chi connectivity index (χ0) is 15.7. The lowest BCUT2D eigenvalue weighted by molar-refractivity contribution is 0.0697. The first-order chi connectivity index (χ1) is 10.1. The summed E-state index contributed by atoms with van der Waals surface area (Å²) in [4.78, 5) is 13.1. The monoisotopic (exact) mass is 315 g/mol. The Morgan fingerprint density at radius 3 is 2.52 bits per heavy atom. The minimum atomic E-state index is -0.972. The number of ether oxygens (including phenoxy) is 2. The van der Waals surface area contributed by atoms with Crippen molar-refractivity contribution < 1.29 is 19.4 Å². The average molecular weight is 316 g/mol. The van der Waals surface area contributed by atoms with Gasteiger partial charge in [-0.25, -0.2) is 4.79 Å². The summed E-state index contributed by atoms with van der Waals surface area (Å²) in [5.41, 5.74) is 1.11. The van der Waals surface area contributed by atoms with E-state index in [1.165, 1.54) is 6.07 Å². The first-order valence-electron chi connectivity index (χ1n) is 6.80. The summed E-state index contributed by atoms with van der Waals surface area (Å²) in [5, 5.41) is 9.42. The van der Waals surface area contributed by atoms with Crippen LogP contribution in [0.25, 0.3) is 0 Å². The summed E-state index contributed by atoms with van der Waals surface area (Å²) >= 11 is 6.17. The number of hydrogen-bond acceptors (Lipinski definition) is 4. The van der Waals surface area contributed by atoms with Gasteiger partial charge in [-0.15, -0.1) is 0 Å². The number of carbonyl (C=O) groups is 1. The fourth-order valence-electron chi connectivity index (χ4n) is 1.97. The van der Waals surface area contributed by atoms with Crippen LogP contribution in [-0.2, 0) is 16.0 Å². The lowest BCUT2D eigenvalue weighted by Gasteiger charge is -2.22. The van der Waals surface area contributed by atoms with E-state index in [0.717, 1.165) is 25.1 Å². The van der Waals surface area contributed by atoms with Gasteiger partial charge in [0.15, 0.2) is 0 Å². The molecule has 0 fully saturated rings. The molecule has 0 aliphatic carbocycles. The van der Waals surface area contributed by atoms with E-state index in [0.29, 0.717) is 24.8 Å². The number of aromatic carboxylic acids is 1. The van der Waals surface area contributed by atoms with Crippen molar-refractivity contribution in [2.45, 2.75) is 13.0 Å². The van der Waals surface area contributed by atoms with Crippen LogP contribution in [0.4, 0.5) is 0 Å². The van der Waals surface area contributed by atoms with Crippen molar-refractivity contribution in [2.24, 2.45) is 0 Å². The van der Waals surface area contributed by atoms with Crippen LogP contribution in [0.1, 0.15) is 22.3 Å². The van der Waals surface area contributed by atoms with Crippen molar-refractivity contribution in [2.75, 3.05) is 40.5 Å². The Balaban J connectivity index is 2.69. The minimum absolute atomic E-state index is 0.201. The van der Waals surface area contributed by atoms with E-state index in [1.807, 2.05) is 0 Å². The zero-order valence-corrected chi connectivity index (χ0v) is 13.2. The van der Waals surface area contributed by atoms with Crippen molar-refractivity contribution in [1.82, 2.24) is 4.90 Å². The molecule has 1 rings (SSSR count). The first-order valence-corrected chi connectivity index (χ1v) is 7.18. The van der Waals surface area contributed by atoms with E-state index >= 15 is 0 Å². The van der Waals surface area contributed by atoms with E-state index in [1.54, 1.807) is 26.4 Å². The fourth-order valence-corrected chi connectivity index (χ4v) is 2.21. The van der Waals surface area contributed by atoms with Crippen molar-refractivity contribution >= 4 is 17.6 Å². The van der Waals surface area contributed by atoms with Crippen LogP contribution in [0.2, 0.25) is 5.02 Å². The molecule has 0 saturated carbocycles. The van der Waals surface area contributed by atoms with Gasteiger partial charge in [-0.1, -0.05) is 17.7 Å². The molecular weight excluding hydrogens is 294 g/mol. The molecule has 0 bridgehead atoms. The van der Waals surface area contributed by atoms with Gasteiger partial charge in [0.05, 0.1) is 12.2 Å². The highest BCUT2D eigenvalue weighted by atomic mass is 35.5. The number of nitrogens with zero attached hydrogens (tertiary/aromatic N) is 1. The zero-order valence-electron chi connectivity index (χ0n) is 12.5. The second kappa shape index (κ2) is 9.73. The van der Waals surface area contributed by atoms with Crippen LogP contribution in [-0.4, -0.2) is 56.5 Å². The molecule has 6 heteroatoms. The Kier molecular flexibility index (Phi) is 8.30. The normalized spacial score (nSPS) is 11.0. The molecular formula is C15H22ClNO4. The Morgan fingerprint density at radius 2 is 1.95 bits per heavy atom. The summed E-state index contributed by atoms with van der Waals surface area (Å²) in [6, 6.07) is 4.83. The molecule has 1 aromatic rings. The Hall–Kier alpha value is -1.14. The lowest BCUT2D eigenvalue weighted by Crippen LogP contribution is -2.29. The number of methoxy groups -OCH3 is 2. The molecule has 1 N–H and O–H groups in total. The Bertz CT molecular complexity index is 453. The third-order valence-corrected chi connectivity index (χ3v) is 3.48. The molecule has 0 heterocycles. The maximum atomic E-state index is 10.9. The van der Waals surface area contributed by atoms with Gasteiger partial charge in [-0.2, -0.15) is 0 Å². The average Bonchev–Trinajstić information content (AvgIpc) is 2.46. The molecule has 21 heavy (non-hydrogen) atoms. The molecule has 5 nitrogen and oxygen atoms in total. The van der Waals surface area contributed by atoms with E-state index < -0.39 is 5.97 Å². The Morgan fingerprint density at radius 1 is 1.24 bits per heavy atom. The molecule has 0 unspecified atom stereocenters. The quantitative estimate of drug-likeness (QED) is 0.672. The maximum absolute atomic E-state index is 10.9. The summed E-state index contributed by atoms with van der Waals surface area (Å²) in [6.45, 7) is 3.66. The van der Waals surface area contributed by atoms with E-state index in [2.05, 4.69) is 4.90 Å². The SMILES string of the molecule is COCCCN(CCOC)Cc1ccc(C(=O)O)cc1Cl. The molecule has 0 saturated heterocycles. The van der Waals surface area contributed by atoms with Crippen molar-refractivity contribution in [3.8, 4) is 0 Å². The third kappa shape index (κ3) is 6.44. The highest BCUT2D eigenvalue weighted by Crippen LogP contribution is 2.20. The van der Waals surface area contributed by atoms with Gasteiger partial charge in [0.2, 0.25) is 0 Å². The number of halogens is 1. The van der Waals surface area contributed by atoms with Crippen molar-refractivity contribution in [3.63, 3.8) is 0 Å². The largest absolute Gasteiger partial charge is 0.478 e. The van der Waals surface area contributed by atoms with Crippen LogP contribution < -0.4 is 0 Å². The number of carboxylic acid groups (broad SMARTS) is 1. The van der Waals surface area contributed by atoms with Crippen LogP contribution in [0, 0.1) is 0 Å². The second-order valence-electron chi connectivity index (χ2n) is 4.73. The topological polar surface area (TPSA) is 59.0 Å². The standard InChI is InChI=1S/C15H22ClNO4/c1-20-8-3-6-17(7-9-21-2)11-13-5-4-12(15(18)19)10-14(13)16/h4-5,10H,3,6-9,11H2,1-2H3,(H,18,19). The first kappa shape index (κ1) is 17.9. The molecule has 0 amide bonds. The van der Waals surface area contributed by atoms with Gasteiger partial charge in [-0.3, -0.25) is 4.90 Å². The molecule has 0 spiro atoms. The van der Waals surface area contributed by atoms with E-state index in [9.17, 15) is 4.79 Å². The Labute approximate surface area is 130 Å². The summed E-state index contributed by atoms with van der Waals surface area (Å²) in [7, 11) is 3.35. The van der Waals surface area contributed by atoms with Gasteiger partial charge in [0.25, 0.3) is 0 Å². The van der Waals surface area contributed by atoms with Gasteiger partial charge in [0.1, 0.15) is 0 Å². The van der Waals surface area contributed by atoms with Gasteiger partial charge in [0, 0.05) is 45.5 Å². The molecule has 1 aromatic carbocycles. The fraction of sp³-hybridized carbons (Fsp3) is 0.533. The summed E-state index contributed by atoms with van der Waals surface area (Å²) in [5.74, 6) is -0.972. The molecule has 0 atom stereocenters. The van der Waals surface area contributed by atoms with Gasteiger partial charge < -0.3 is 14.6 Å². The predicted molar refractivity (Wildman–Crippen MR) is 82.1 cm³/mol. The van der Waals surface area contributed by atoms with Gasteiger partial charge in [-0.05, 0) is 24.1 Å². The maximum Gasteiger partial charge on any atom is 0.335 e. The molecule has 0 aliphatic rings. The van der Waals surface area contributed by atoms with E-state index in [4.69, 9.17) is 26.2 Å². The summed E-state index contributed by atoms with van der Waals surface area (Å²) in [6.07, 6.45) is 0.922. The highest BCUT2D eigenvalue weighted by molar-refractivity contribution is 6.31. The van der Waals surface area contributed by atoms with Crippen LogP contribution in [0.3, 0.4) is 0 Å². The number of rotatable bonds is 10. The number of carboxylic acids is 1. The third-order valence-electron chi connectivity index (χ3n) is 3.13.